The molecule has 17 heavy (non-hydrogen) atoms. The largest absolute Gasteiger partial charge is 0.460 e. The van der Waals surface area contributed by atoms with Gasteiger partial charge in [0.25, 0.3) is 0 Å². The predicted molar refractivity (Wildman–Crippen MR) is 79.0 cm³/mol. The van der Waals surface area contributed by atoms with Gasteiger partial charge in [0.05, 0.1) is 0 Å². The van der Waals surface area contributed by atoms with E-state index in [-0.39, 0.29) is 0 Å². The van der Waals surface area contributed by atoms with Crippen molar-refractivity contribution in [2.24, 2.45) is 5.92 Å². The van der Waals surface area contributed by atoms with E-state index in [1.807, 2.05) is 6.26 Å². The predicted octanol–water partition coefficient (Wildman–Crippen LogP) is 4.32. The highest BCUT2D eigenvalue weighted by Crippen LogP contribution is 2.17. The number of nitrogens with zero attached hydrogens (tertiary/aromatic N) is 1. The van der Waals surface area contributed by atoms with Crippen molar-refractivity contribution in [3.05, 3.63) is 11.6 Å². The van der Waals surface area contributed by atoms with Gasteiger partial charge in [-0.2, -0.15) is 5.26 Å². The molecule has 0 aliphatic carbocycles. The number of thioether (sulfide) groups is 1. The molecule has 0 aliphatic heterocycles. The summed E-state index contributed by atoms with van der Waals surface area (Å²) in [5.41, 5.74) is 1.34. The number of hydrogen-bond donors (Lipinski definition) is 0. The van der Waals surface area contributed by atoms with Crippen LogP contribution in [0.15, 0.2) is 11.6 Å². The highest BCUT2D eigenvalue weighted by atomic mass is 32.2. The van der Waals surface area contributed by atoms with E-state index in [1.54, 1.807) is 0 Å². The number of thiocarbonyl (C=S) groups is 1. The molecule has 0 saturated heterocycles. The lowest BCUT2D eigenvalue weighted by Gasteiger charge is -2.16. The van der Waals surface area contributed by atoms with Crippen LogP contribution in [-0.2, 0) is 4.74 Å². The molecule has 0 aromatic rings. The van der Waals surface area contributed by atoms with Crippen LogP contribution >= 0.6 is 24.0 Å². The number of hydrogen-bond acceptors (Lipinski definition) is 4. The minimum atomic E-state index is -0.406. The van der Waals surface area contributed by atoms with Gasteiger partial charge in [-0.3, -0.25) is 0 Å². The molecule has 0 amide bonds. The lowest BCUT2D eigenvalue weighted by Crippen LogP contribution is -2.16. The molecule has 0 spiro atoms. The van der Waals surface area contributed by atoms with Gasteiger partial charge in [-0.05, 0) is 51.1 Å². The summed E-state index contributed by atoms with van der Waals surface area (Å²) < 4.78 is 5.82. The highest BCUT2D eigenvalue weighted by Gasteiger charge is 2.14. The average Bonchev–Trinajstić information content (AvgIpc) is 2.27. The maximum absolute atomic E-state index is 8.98. The molecule has 0 N–H and O–H groups in total. The third-order valence-electron chi connectivity index (χ3n) is 2.38. The lowest BCUT2D eigenvalue weighted by atomic mass is 9.98. The number of nitriles is 1. The van der Waals surface area contributed by atoms with Gasteiger partial charge in [0.2, 0.25) is 4.38 Å². The smallest absolute Gasteiger partial charge is 0.221 e. The molecule has 0 aliphatic rings. The Labute approximate surface area is 114 Å². The van der Waals surface area contributed by atoms with Crippen molar-refractivity contribution in [1.82, 2.24) is 0 Å². The molecule has 2 atom stereocenters. The van der Waals surface area contributed by atoms with Gasteiger partial charge in [0.15, 0.2) is 6.10 Å². The molecular formula is C13H21NOS2. The Hall–Kier alpha value is -0.530. The summed E-state index contributed by atoms with van der Waals surface area (Å²) in [7, 11) is 0. The van der Waals surface area contributed by atoms with Crippen LogP contribution in [0, 0.1) is 17.2 Å². The van der Waals surface area contributed by atoms with Gasteiger partial charge >= 0.3 is 0 Å². The SMILES string of the molecule is CSC(=S)OC(C#N)CC(C)CCC=C(C)C. The van der Waals surface area contributed by atoms with Gasteiger partial charge in [-0.15, -0.1) is 0 Å². The van der Waals surface area contributed by atoms with Crippen molar-refractivity contribution >= 4 is 28.4 Å². The van der Waals surface area contributed by atoms with Crippen LogP contribution in [-0.4, -0.2) is 16.7 Å². The Bertz CT molecular complexity index is 303. The number of ether oxygens (including phenoxy) is 1. The maximum Gasteiger partial charge on any atom is 0.221 e. The molecule has 0 fully saturated rings. The van der Waals surface area contributed by atoms with E-state index in [9.17, 15) is 0 Å². The molecule has 2 nitrogen and oxygen atoms in total. The normalized spacial score (nSPS) is 13.4. The van der Waals surface area contributed by atoms with Crippen molar-refractivity contribution in [1.29, 1.82) is 5.26 Å². The van der Waals surface area contributed by atoms with Crippen molar-refractivity contribution < 1.29 is 4.74 Å². The zero-order valence-electron chi connectivity index (χ0n) is 11.0. The fraction of sp³-hybridized carbons (Fsp3) is 0.692. The van der Waals surface area contributed by atoms with Crippen LogP contribution < -0.4 is 0 Å². The van der Waals surface area contributed by atoms with Crippen molar-refractivity contribution in [3.63, 3.8) is 0 Å². The minimum absolute atomic E-state index is 0.406. The monoisotopic (exact) mass is 271 g/mol. The molecule has 0 aromatic heterocycles. The molecular weight excluding hydrogens is 250 g/mol. The van der Waals surface area contributed by atoms with Gasteiger partial charge in [0.1, 0.15) is 6.07 Å². The van der Waals surface area contributed by atoms with Crippen LogP contribution in [0.4, 0.5) is 0 Å². The van der Waals surface area contributed by atoms with E-state index in [2.05, 4.69) is 32.9 Å². The van der Waals surface area contributed by atoms with Crippen LogP contribution in [0.1, 0.15) is 40.0 Å². The van der Waals surface area contributed by atoms with E-state index in [0.29, 0.717) is 10.3 Å². The molecule has 0 radical (unpaired) electrons. The Morgan fingerprint density at radius 3 is 2.65 bits per heavy atom. The second-order valence-corrected chi connectivity index (χ2v) is 5.80. The molecule has 4 heteroatoms. The van der Waals surface area contributed by atoms with Gasteiger partial charge in [-0.25, -0.2) is 0 Å². The van der Waals surface area contributed by atoms with E-state index in [0.717, 1.165) is 19.3 Å². The Morgan fingerprint density at radius 1 is 1.53 bits per heavy atom. The fourth-order valence-electron chi connectivity index (χ4n) is 1.43. The van der Waals surface area contributed by atoms with E-state index < -0.39 is 6.10 Å². The van der Waals surface area contributed by atoms with Gasteiger partial charge in [-0.1, -0.05) is 30.3 Å². The Kier molecular flexibility index (Phi) is 9.20. The number of rotatable bonds is 6. The second-order valence-electron chi connectivity index (χ2n) is 4.39. The van der Waals surface area contributed by atoms with Crippen molar-refractivity contribution in [3.8, 4) is 6.07 Å². The maximum atomic E-state index is 8.98. The van der Waals surface area contributed by atoms with Crippen molar-refractivity contribution in [2.45, 2.75) is 46.1 Å². The third kappa shape index (κ3) is 9.20. The summed E-state index contributed by atoms with van der Waals surface area (Å²) in [6, 6.07) is 2.16. The van der Waals surface area contributed by atoms with E-state index in [1.165, 1.54) is 17.3 Å². The standard InChI is InChI=1S/C13H21NOS2/c1-10(2)6-5-7-11(3)8-12(9-14)15-13(16)17-4/h6,11-12H,5,7-8H2,1-4H3. The first-order chi connectivity index (χ1) is 7.99. The first kappa shape index (κ1) is 16.5. The summed E-state index contributed by atoms with van der Waals surface area (Å²) in [6.07, 6.45) is 6.57. The summed E-state index contributed by atoms with van der Waals surface area (Å²) in [6.45, 7) is 6.35. The first-order valence-corrected chi connectivity index (χ1v) is 7.40. The summed E-state index contributed by atoms with van der Waals surface area (Å²) >= 11 is 6.32. The second kappa shape index (κ2) is 9.49. The van der Waals surface area contributed by atoms with Crippen LogP contribution in [0.2, 0.25) is 0 Å². The average molecular weight is 271 g/mol. The highest BCUT2D eigenvalue weighted by molar-refractivity contribution is 8.22. The molecule has 0 bridgehead atoms. The molecule has 96 valence electrons. The lowest BCUT2D eigenvalue weighted by molar-refractivity contribution is 0.218. The van der Waals surface area contributed by atoms with E-state index >= 15 is 0 Å². The molecule has 0 rings (SSSR count). The topological polar surface area (TPSA) is 33.0 Å². The third-order valence-corrected chi connectivity index (χ3v) is 3.40. The van der Waals surface area contributed by atoms with E-state index in [4.69, 9.17) is 22.2 Å². The van der Waals surface area contributed by atoms with Gasteiger partial charge in [0, 0.05) is 6.42 Å². The molecule has 0 heterocycles. The minimum Gasteiger partial charge on any atom is -0.460 e. The van der Waals surface area contributed by atoms with Crippen molar-refractivity contribution in [2.75, 3.05) is 6.26 Å². The zero-order valence-corrected chi connectivity index (χ0v) is 12.7. The van der Waals surface area contributed by atoms with Crippen LogP contribution in [0.5, 0.6) is 0 Å². The molecule has 2 unspecified atom stereocenters. The molecule has 0 saturated carbocycles. The Balaban J connectivity index is 3.99. The zero-order chi connectivity index (χ0) is 13.3. The number of allylic oxidation sites excluding steroid dienone is 2. The Morgan fingerprint density at radius 2 is 2.18 bits per heavy atom. The first-order valence-electron chi connectivity index (χ1n) is 5.77. The van der Waals surface area contributed by atoms with Crippen LogP contribution in [0.25, 0.3) is 0 Å². The quantitative estimate of drug-likeness (QED) is 0.532. The van der Waals surface area contributed by atoms with Gasteiger partial charge < -0.3 is 4.74 Å². The summed E-state index contributed by atoms with van der Waals surface area (Å²) in [5, 5.41) is 8.98. The summed E-state index contributed by atoms with van der Waals surface area (Å²) in [5.74, 6) is 0.472. The van der Waals surface area contributed by atoms with Crippen LogP contribution in [0.3, 0.4) is 0 Å². The summed E-state index contributed by atoms with van der Waals surface area (Å²) in [4.78, 5) is 0. The fourth-order valence-corrected chi connectivity index (χ4v) is 1.76. The molecule has 0 aromatic carbocycles.